The molecule has 0 unspecified atom stereocenters. The van der Waals surface area contributed by atoms with Gasteiger partial charge in [-0.25, -0.2) is 4.98 Å². The van der Waals surface area contributed by atoms with Crippen LogP contribution in [0.25, 0.3) is 0 Å². The van der Waals surface area contributed by atoms with Gasteiger partial charge in [-0.3, -0.25) is 0 Å². The third kappa shape index (κ3) is 1.90. The molecule has 0 saturated heterocycles. The lowest BCUT2D eigenvalue weighted by Crippen LogP contribution is -2.15. The highest BCUT2D eigenvalue weighted by molar-refractivity contribution is 5.03. The first-order valence-corrected chi connectivity index (χ1v) is 4.56. The Labute approximate surface area is 78.2 Å². The fraction of sp³-hybridized carbons (Fsp3) is 0.500. The molecule has 0 atom stereocenters. The zero-order chi connectivity index (χ0) is 9.10. The average molecular weight is 175 g/mol. The number of nitrogens with zero attached hydrogens (tertiary/aromatic N) is 2. The van der Waals surface area contributed by atoms with E-state index in [1.807, 2.05) is 12.5 Å². The molecule has 0 radical (unpaired) electrons. The Morgan fingerprint density at radius 2 is 2.54 bits per heavy atom. The van der Waals surface area contributed by atoms with Crippen LogP contribution in [-0.2, 0) is 6.54 Å². The third-order valence-electron chi connectivity index (χ3n) is 2.22. The summed E-state index contributed by atoms with van der Waals surface area (Å²) in [6, 6.07) is 0.699. The summed E-state index contributed by atoms with van der Waals surface area (Å²) in [5.74, 6) is 2.55. The Balaban J connectivity index is 1.95. The van der Waals surface area contributed by atoms with Gasteiger partial charge in [0.2, 0.25) is 0 Å². The minimum absolute atomic E-state index is 0.621. The number of aromatic nitrogens is 2. The van der Waals surface area contributed by atoms with Crippen molar-refractivity contribution >= 4 is 0 Å². The summed E-state index contributed by atoms with van der Waals surface area (Å²) in [4.78, 5) is 4.13. The van der Waals surface area contributed by atoms with E-state index in [1.165, 1.54) is 18.5 Å². The standard InChI is InChI=1S/C10H13N3/c1-2-5-11-6-10-7-12-8-13(10)9-3-4-9/h1,7-9,11H,3-6H2. The van der Waals surface area contributed by atoms with Gasteiger partial charge < -0.3 is 9.88 Å². The topological polar surface area (TPSA) is 29.9 Å². The highest BCUT2D eigenvalue weighted by Crippen LogP contribution is 2.35. The molecule has 1 aliphatic carbocycles. The maximum absolute atomic E-state index is 5.14. The van der Waals surface area contributed by atoms with Gasteiger partial charge in [0.05, 0.1) is 18.6 Å². The van der Waals surface area contributed by atoms with Crippen LogP contribution in [0.4, 0.5) is 0 Å². The molecule has 2 rings (SSSR count). The van der Waals surface area contributed by atoms with Crippen LogP contribution in [-0.4, -0.2) is 16.1 Å². The second-order valence-corrected chi connectivity index (χ2v) is 3.33. The maximum Gasteiger partial charge on any atom is 0.0951 e. The Kier molecular flexibility index (Phi) is 2.33. The lowest BCUT2D eigenvalue weighted by atomic mass is 10.4. The van der Waals surface area contributed by atoms with Crippen molar-refractivity contribution in [1.29, 1.82) is 0 Å². The molecule has 0 bridgehead atoms. The zero-order valence-electron chi connectivity index (χ0n) is 7.53. The highest BCUT2D eigenvalue weighted by Gasteiger charge is 2.24. The van der Waals surface area contributed by atoms with Gasteiger partial charge in [-0.15, -0.1) is 6.42 Å². The summed E-state index contributed by atoms with van der Waals surface area (Å²) in [7, 11) is 0. The van der Waals surface area contributed by atoms with Gasteiger partial charge >= 0.3 is 0 Å². The van der Waals surface area contributed by atoms with Crippen LogP contribution in [0.15, 0.2) is 12.5 Å². The van der Waals surface area contributed by atoms with Crippen molar-refractivity contribution in [3.8, 4) is 12.3 Å². The zero-order valence-corrected chi connectivity index (χ0v) is 7.53. The van der Waals surface area contributed by atoms with Crippen LogP contribution >= 0.6 is 0 Å². The molecule has 68 valence electrons. The quantitative estimate of drug-likeness (QED) is 0.545. The van der Waals surface area contributed by atoms with Gasteiger partial charge in [0, 0.05) is 18.8 Å². The van der Waals surface area contributed by atoms with E-state index < -0.39 is 0 Å². The molecular weight excluding hydrogens is 162 g/mol. The number of imidazole rings is 1. The number of nitrogens with one attached hydrogen (secondary N) is 1. The molecule has 1 aliphatic rings. The van der Waals surface area contributed by atoms with E-state index in [9.17, 15) is 0 Å². The third-order valence-corrected chi connectivity index (χ3v) is 2.22. The molecule has 1 saturated carbocycles. The van der Waals surface area contributed by atoms with Crippen LogP contribution in [0.2, 0.25) is 0 Å². The van der Waals surface area contributed by atoms with E-state index in [0.717, 1.165) is 6.54 Å². The molecule has 1 aromatic rings. The molecule has 0 aromatic carbocycles. The van der Waals surface area contributed by atoms with Gasteiger partial charge in [0.1, 0.15) is 0 Å². The maximum atomic E-state index is 5.14. The van der Waals surface area contributed by atoms with Crippen molar-refractivity contribution < 1.29 is 0 Å². The first-order valence-electron chi connectivity index (χ1n) is 4.56. The molecule has 3 heteroatoms. The fourth-order valence-corrected chi connectivity index (χ4v) is 1.41. The number of terminal acetylenes is 1. The molecule has 1 fully saturated rings. The predicted octanol–water partition coefficient (Wildman–Crippen LogP) is 0.941. The molecular formula is C10H13N3. The summed E-state index contributed by atoms with van der Waals surface area (Å²) >= 11 is 0. The van der Waals surface area contributed by atoms with Crippen molar-refractivity contribution in [2.45, 2.75) is 25.4 Å². The minimum atomic E-state index is 0.621. The van der Waals surface area contributed by atoms with E-state index in [1.54, 1.807) is 0 Å². The summed E-state index contributed by atoms with van der Waals surface area (Å²) < 4.78 is 2.24. The molecule has 1 heterocycles. The highest BCUT2D eigenvalue weighted by atomic mass is 15.1. The van der Waals surface area contributed by atoms with Crippen LogP contribution < -0.4 is 5.32 Å². The molecule has 13 heavy (non-hydrogen) atoms. The Hall–Kier alpha value is -1.27. The summed E-state index contributed by atoms with van der Waals surface area (Å²) in [6.45, 7) is 1.44. The molecule has 1 aromatic heterocycles. The SMILES string of the molecule is C#CCNCc1cncn1C1CC1. The Morgan fingerprint density at radius 3 is 3.23 bits per heavy atom. The largest absolute Gasteiger partial charge is 0.330 e. The molecule has 1 N–H and O–H groups in total. The van der Waals surface area contributed by atoms with Gasteiger partial charge in [0.25, 0.3) is 0 Å². The van der Waals surface area contributed by atoms with E-state index in [0.29, 0.717) is 12.6 Å². The number of rotatable bonds is 4. The summed E-state index contributed by atoms with van der Waals surface area (Å²) in [5, 5.41) is 3.16. The van der Waals surface area contributed by atoms with Gasteiger partial charge in [-0.05, 0) is 12.8 Å². The lowest BCUT2D eigenvalue weighted by Gasteiger charge is -2.05. The number of hydrogen-bond donors (Lipinski definition) is 1. The van der Waals surface area contributed by atoms with Gasteiger partial charge in [0.15, 0.2) is 0 Å². The first-order chi connectivity index (χ1) is 6.42. The summed E-state index contributed by atoms with van der Waals surface area (Å²) in [6.07, 6.45) is 11.5. The van der Waals surface area contributed by atoms with E-state index >= 15 is 0 Å². The lowest BCUT2D eigenvalue weighted by molar-refractivity contribution is 0.649. The molecule has 0 spiro atoms. The van der Waals surface area contributed by atoms with Crippen molar-refractivity contribution in [1.82, 2.24) is 14.9 Å². The fourth-order valence-electron chi connectivity index (χ4n) is 1.41. The molecule has 3 nitrogen and oxygen atoms in total. The van der Waals surface area contributed by atoms with Crippen molar-refractivity contribution in [2.24, 2.45) is 0 Å². The average Bonchev–Trinajstić information content (AvgIpc) is 2.88. The van der Waals surface area contributed by atoms with Crippen LogP contribution in [0.3, 0.4) is 0 Å². The van der Waals surface area contributed by atoms with Crippen LogP contribution in [0.1, 0.15) is 24.6 Å². The normalized spacial score (nSPS) is 15.6. The van der Waals surface area contributed by atoms with Crippen molar-refractivity contribution in [2.75, 3.05) is 6.54 Å². The Bertz CT molecular complexity index is 317. The van der Waals surface area contributed by atoms with Crippen LogP contribution in [0, 0.1) is 12.3 Å². The smallest absolute Gasteiger partial charge is 0.0951 e. The Morgan fingerprint density at radius 1 is 1.69 bits per heavy atom. The minimum Gasteiger partial charge on any atom is -0.330 e. The van der Waals surface area contributed by atoms with Crippen molar-refractivity contribution in [3.63, 3.8) is 0 Å². The van der Waals surface area contributed by atoms with Crippen molar-refractivity contribution in [3.05, 3.63) is 18.2 Å². The monoisotopic (exact) mass is 175 g/mol. The molecule has 0 aliphatic heterocycles. The first kappa shape index (κ1) is 8.33. The number of hydrogen-bond acceptors (Lipinski definition) is 2. The second kappa shape index (κ2) is 3.63. The second-order valence-electron chi connectivity index (χ2n) is 3.33. The van der Waals surface area contributed by atoms with Gasteiger partial charge in [-0.2, -0.15) is 0 Å². The predicted molar refractivity (Wildman–Crippen MR) is 51.0 cm³/mol. The summed E-state index contributed by atoms with van der Waals surface area (Å²) in [5.41, 5.74) is 1.23. The molecule has 0 amide bonds. The van der Waals surface area contributed by atoms with E-state index in [4.69, 9.17) is 6.42 Å². The van der Waals surface area contributed by atoms with Gasteiger partial charge in [-0.1, -0.05) is 5.92 Å². The van der Waals surface area contributed by atoms with E-state index in [-0.39, 0.29) is 0 Å². The van der Waals surface area contributed by atoms with E-state index in [2.05, 4.69) is 20.8 Å². The van der Waals surface area contributed by atoms with Crippen LogP contribution in [0.5, 0.6) is 0 Å².